The van der Waals surface area contributed by atoms with Gasteiger partial charge in [-0.15, -0.1) is 0 Å². The summed E-state index contributed by atoms with van der Waals surface area (Å²) in [5, 5.41) is 0. The van der Waals surface area contributed by atoms with Gasteiger partial charge in [-0.05, 0) is 42.7 Å². The molecule has 11 heteroatoms. The lowest BCUT2D eigenvalue weighted by Crippen LogP contribution is -2.50. The van der Waals surface area contributed by atoms with Gasteiger partial charge in [-0.3, -0.25) is 0 Å². The van der Waals surface area contributed by atoms with Gasteiger partial charge in [0.2, 0.25) is 0 Å². The normalized spacial score (nSPS) is 13.2. The maximum Gasteiger partial charge on any atom is 0.435 e. The number of alkyl halides is 7. The molecule has 28 heavy (non-hydrogen) atoms. The second-order valence-corrected chi connectivity index (χ2v) is 5.87. The molecule has 0 unspecified atom stereocenters. The predicted octanol–water partition coefficient (Wildman–Crippen LogP) is 6.62. The van der Waals surface area contributed by atoms with Crippen molar-refractivity contribution < 1.29 is 48.3 Å². The number of aryl methyl sites for hydroxylation is 2. The Morgan fingerprint density at radius 1 is 0.714 bits per heavy atom. The molecule has 0 aliphatic rings. The van der Waals surface area contributed by atoms with Crippen LogP contribution in [0.5, 0.6) is 0 Å². The van der Waals surface area contributed by atoms with Crippen LogP contribution in [0.2, 0.25) is 0 Å². The molecule has 0 spiro atoms. The summed E-state index contributed by atoms with van der Waals surface area (Å²) in [4.78, 5) is 0. The van der Waals surface area contributed by atoms with Crippen LogP contribution >= 0.6 is 0 Å². The molecule has 153 valence electrons. The third-order valence-corrected chi connectivity index (χ3v) is 3.91. The van der Waals surface area contributed by atoms with Gasteiger partial charge in [-0.2, -0.15) is 26.3 Å². The van der Waals surface area contributed by atoms with Crippen LogP contribution in [0, 0.1) is 43.2 Å². The first kappa shape index (κ1) is 22.0. The molecule has 0 N–H and O–H groups in total. The van der Waals surface area contributed by atoms with Crippen LogP contribution in [-0.2, 0) is 5.67 Å². The molecule has 0 amide bonds. The van der Waals surface area contributed by atoms with E-state index in [1.54, 1.807) is 0 Å². The van der Waals surface area contributed by atoms with E-state index in [9.17, 15) is 48.3 Å². The van der Waals surface area contributed by atoms with E-state index >= 15 is 0 Å². The van der Waals surface area contributed by atoms with E-state index in [0.717, 1.165) is 13.8 Å². The van der Waals surface area contributed by atoms with Gasteiger partial charge < -0.3 is 0 Å². The number of benzene rings is 2. The summed E-state index contributed by atoms with van der Waals surface area (Å²) in [6, 6.07) is 2.16. The second-order valence-electron chi connectivity index (χ2n) is 5.87. The zero-order valence-corrected chi connectivity index (χ0v) is 13.8. The smallest absolute Gasteiger partial charge is 0.218 e. The van der Waals surface area contributed by atoms with Crippen LogP contribution in [0.15, 0.2) is 12.1 Å². The molecule has 2 rings (SSSR count). The highest BCUT2D eigenvalue weighted by molar-refractivity contribution is 5.73. The molecule has 0 fully saturated rings. The molecule has 0 aliphatic carbocycles. The molecule has 0 saturated heterocycles. The van der Waals surface area contributed by atoms with Gasteiger partial charge in [-0.25, -0.2) is 22.0 Å². The Bertz CT molecular complexity index is 908. The minimum absolute atomic E-state index is 0.0852. The summed E-state index contributed by atoms with van der Waals surface area (Å²) in [5.41, 5.74) is -12.2. The summed E-state index contributed by atoms with van der Waals surface area (Å²) >= 11 is 0. The predicted molar refractivity (Wildman–Crippen MR) is 74.9 cm³/mol. The van der Waals surface area contributed by atoms with E-state index < -0.39 is 69.1 Å². The first-order chi connectivity index (χ1) is 12.5. The van der Waals surface area contributed by atoms with E-state index in [-0.39, 0.29) is 12.1 Å². The molecular formula is C17H8F11. The van der Waals surface area contributed by atoms with Crippen LogP contribution in [0.4, 0.5) is 48.3 Å². The lowest BCUT2D eigenvalue weighted by Gasteiger charge is -2.32. The van der Waals surface area contributed by atoms with E-state index in [1.807, 2.05) is 0 Å². The topological polar surface area (TPSA) is 0 Å². The Labute approximate surface area is 150 Å². The Hall–Kier alpha value is -2.33. The highest BCUT2D eigenvalue weighted by Gasteiger charge is 2.74. The Morgan fingerprint density at radius 2 is 1.21 bits per heavy atom. The number of halogens is 11. The molecule has 0 aromatic heterocycles. The fourth-order valence-electron chi connectivity index (χ4n) is 2.72. The fraction of sp³-hybridized carbons (Fsp3) is 0.294. The van der Waals surface area contributed by atoms with Crippen molar-refractivity contribution in [1.82, 2.24) is 0 Å². The van der Waals surface area contributed by atoms with E-state index in [2.05, 4.69) is 6.07 Å². The quantitative estimate of drug-likeness (QED) is 0.291. The second kappa shape index (κ2) is 6.63. The molecule has 0 heterocycles. The van der Waals surface area contributed by atoms with Crippen molar-refractivity contribution in [1.29, 1.82) is 0 Å². The molecule has 1 radical (unpaired) electrons. The molecule has 2 aromatic rings. The summed E-state index contributed by atoms with van der Waals surface area (Å²) in [7, 11) is 0. The van der Waals surface area contributed by atoms with Crippen molar-refractivity contribution in [2.75, 3.05) is 0 Å². The van der Waals surface area contributed by atoms with Crippen LogP contribution in [0.25, 0.3) is 11.1 Å². The molecule has 0 nitrogen and oxygen atoms in total. The molecule has 0 bridgehead atoms. The third-order valence-electron chi connectivity index (χ3n) is 3.91. The zero-order valence-electron chi connectivity index (χ0n) is 13.8. The number of hydrogen-bond donors (Lipinski definition) is 0. The zero-order chi connectivity index (χ0) is 21.8. The Kier molecular flexibility index (Phi) is 5.20. The van der Waals surface area contributed by atoms with Gasteiger partial charge in [0.1, 0.15) is 0 Å². The molecular weight excluding hydrogens is 413 g/mol. The average Bonchev–Trinajstić information content (AvgIpc) is 2.53. The van der Waals surface area contributed by atoms with Gasteiger partial charge in [0.25, 0.3) is 0 Å². The molecule has 0 aliphatic heterocycles. The standard InChI is InChI=1S/C17H8F11/c1-6-3-7(2)11(8-5-10(18)13(20)14(21)12(8)19)9(4-6)15(22,16(23,24)25)17(26,27)28/h4-5H,1-2H3. The van der Waals surface area contributed by atoms with Crippen LogP contribution in [-0.4, -0.2) is 12.4 Å². The summed E-state index contributed by atoms with van der Waals surface area (Å²) in [6.07, 6.45) is -13.1. The first-order valence-electron chi connectivity index (χ1n) is 7.23. The summed E-state index contributed by atoms with van der Waals surface area (Å²) in [5.74, 6) is -9.20. The van der Waals surface area contributed by atoms with Crippen LogP contribution in [0.1, 0.15) is 16.7 Å². The van der Waals surface area contributed by atoms with Crippen molar-refractivity contribution in [3.63, 3.8) is 0 Å². The van der Waals surface area contributed by atoms with Gasteiger partial charge in [0.05, 0.1) is 0 Å². The maximum atomic E-state index is 14.6. The molecule has 0 atom stereocenters. The highest BCUT2D eigenvalue weighted by Crippen LogP contribution is 2.56. The number of hydrogen-bond acceptors (Lipinski definition) is 0. The van der Waals surface area contributed by atoms with Crippen molar-refractivity contribution in [2.24, 2.45) is 0 Å². The lowest BCUT2D eigenvalue weighted by atomic mass is 9.83. The average molecular weight is 421 g/mol. The van der Waals surface area contributed by atoms with Crippen molar-refractivity contribution in [3.05, 3.63) is 58.2 Å². The largest absolute Gasteiger partial charge is 0.435 e. The fourth-order valence-corrected chi connectivity index (χ4v) is 2.72. The highest BCUT2D eigenvalue weighted by atomic mass is 19.4. The maximum absolute atomic E-state index is 14.6. The van der Waals surface area contributed by atoms with Crippen molar-refractivity contribution in [2.45, 2.75) is 31.9 Å². The number of rotatable bonds is 2. The van der Waals surface area contributed by atoms with E-state index in [1.165, 1.54) is 0 Å². The van der Waals surface area contributed by atoms with E-state index in [0.29, 0.717) is 0 Å². The minimum Gasteiger partial charge on any atom is -0.218 e. The van der Waals surface area contributed by atoms with Gasteiger partial charge in [-0.1, -0.05) is 6.07 Å². The van der Waals surface area contributed by atoms with Crippen molar-refractivity contribution >= 4 is 0 Å². The Morgan fingerprint density at radius 3 is 1.68 bits per heavy atom. The SMILES string of the molecule is Cc1[c]c(C)c(-c2cc(F)c(F)c(F)c2F)c(C(F)(C(F)(F)F)C(F)(F)F)c1. The van der Waals surface area contributed by atoms with Gasteiger partial charge in [0, 0.05) is 11.1 Å². The van der Waals surface area contributed by atoms with Crippen molar-refractivity contribution in [3.8, 4) is 11.1 Å². The van der Waals surface area contributed by atoms with Crippen LogP contribution < -0.4 is 0 Å². The summed E-state index contributed by atoms with van der Waals surface area (Å²) in [6.45, 7) is 1.81. The van der Waals surface area contributed by atoms with Crippen LogP contribution in [0.3, 0.4) is 0 Å². The molecule has 0 saturated carbocycles. The van der Waals surface area contributed by atoms with Gasteiger partial charge >= 0.3 is 18.0 Å². The van der Waals surface area contributed by atoms with Gasteiger partial charge in [0.15, 0.2) is 23.3 Å². The minimum atomic E-state index is -6.56. The monoisotopic (exact) mass is 421 g/mol. The third kappa shape index (κ3) is 3.20. The molecule has 2 aromatic carbocycles. The summed E-state index contributed by atoms with van der Waals surface area (Å²) < 4.78 is 148. The first-order valence-corrected chi connectivity index (χ1v) is 7.23. The lowest BCUT2D eigenvalue weighted by molar-refractivity contribution is -0.348. The van der Waals surface area contributed by atoms with E-state index in [4.69, 9.17) is 0 Å². The Balaban J connectivity index is 3.06.